The maximum absolute atomic E-state index is 13.3. The van der Waals surface area contributed by atoms with Crippen molar-refractivity contribution in [2.45, 2.75) is 428 Å². The van der Waals surface area contributed by atoms with E-state index in [2.05, 4.69) is 31.3 Å². The van der Waals surface area contributed by atoms with Crippen molar-refractivity contribution in [1.82, 2.24) is 5.32 Å². The van der Waals surface area contributed by atoms with Crippen molar-refractivity contribution in [1.29, 1.82) is 0 Å². The Morgan fingerprint density at radius 3 is 1.10 bits per heavy atom. The molecular weight excluding hydrogens is 1120 g/mol. The maximum atomic E-state index is 13.3. The Balaban J connectivity index is 1.62. The fraction of sp³-hybridized carbons (Fsp3) is 0.933. The van der Waals surface area contributed by atoms with Crippen LogP contribution < -0.4 is 5.32 Å². The minimum Gasteiger partial charge on any atom is -0.394 e. The second-order valence-corrected chi connectivity index (χ2v) is 27.1. The molecule has 12 atom stereocenters. The number of carbonyl (C=O) groups is 1. The van der Waals surface area contributed by atoms with E-state index in [1.165, 1.54) is 289 Å². The summed E-state index contributed by atoms with van der Waals surface area (Å²) in [5.41, 5.74) is 0. The van der Waals surface area contributed by atoms with Crippen LogP contribution in [0, 0.1) is 0 Å². The van der Waals surface area contributed by atoms with Crippen LogP contribution in [0.2, 0.25) is 0 Å². The Morgan fingerprint density at radius 2 is 0.719 bits per heavy atom. The molecule has 2 heterocycles. The topological polar surface area (TPSA) is 228 Å². The molecule has 2 aliphatic rings. The van der Waals surface area contributed by atoms with Crippen LogP contribution in [0.5, 0.6) is 0 Å². The zero-order valence-electron chi connectivity index (χ0n) is 57.5. The smallest absolute Gasteiger partial charge is 0.220 e. The van der Waals surface area contributed by atoms with Crippen molar-refractivity contribution in [3.05, 3.63) is 24.3 Å². The zero-order chi connectivity index (χ0) is 64.5. The van der Waals surface area contributed by atoms with E-state index in [1.54, 1.807) is 6.08 Å². The van der Waals surface area contributed by atoms with Gasteiger partial charge in [0.1, 0.15) is 48.8 Å². The molecule has 89 heavy (non-hydrogen) atoms. The average molecular weight is 1270 g/mol. The lowest BCUT2D eigenvalue weighted by Crippen LogP contribution is -2.65. The number of aliphatic hydroxyl groups excluding tert-OH is 8. The van der Waals surface area contributed by atoms with Crippen molar-refractivity contribution in [2.24, 2.45) is 0 Å². The average Bonchev–Trinajstić information content (AvgIpc) is 2.38. The van der Waals surface area contributed by atoms with Gasteiger partial charge in [-0.15, -0.1) is 0 Å². The molecule has 12 unspecified atom stereocenters. The van der Waals surface area contributed by atoms with Gasteiger partial charge in [0, 0.05) is 6.42 Å². The summed E-state index contributed by atoms with van der Waals surface area (Å²) in [7, 11) is 0. The first kappa shape index (κ1) is 83.6. The monoisotopic (exact) mass is 1270 g/mol. The van der Waals surface area contributed by atoms with Gasteiger partial charge in [0.2, 0.25) is 5.91 Å². The van der Waals surface area contributed by atoms with E-state index in [0.717, 1.165) is 32.1 Å². The van der Waals surface area contributed by atoms with Crippen LogP contribution in [-0.4, -0.2) is 140 Å². The van der Waals surface area contributed by atoms with E-state index in [-0.39, 0.29) is 18.9 Å². The third-order valence-electron chi connectivity index (χ3n) is 18.9. The molecule has 14 nitrogen and oxygen atoms in total. The number of carbonyl (C=O) groups excluding carboxylic acids is 1. The third-order valence-corrected chi connectivity index (χ3v) is 18.9. The minimum absolute atomic E-state index is 0.241. The molecule has 0 saturated carbocycles. The lowest BCUT2D eigenvalue weighted by atomic mass is 9.97. The number of aliphatic hydroxyl groups is 8. The van der Waals surface area contributed by atoms with Crippen LogP contribution in [0.15, 0.2) is 24.3 Å². The van der Waals surface area contributed by atoms with Crippen LogP contribution in [0.1, 0.15) is 354 Å². The highest BCUT2D eigenvalue weighted by Gasteiger charge is 2.51. The van der Waals surface area contributed by atoms with Gasteiger partial charge in [-0.3, -0.25) is 4.79 Å². The fourth-order valence-corrected chi connectivity index (χ4v) is 12.8. The van der Waals surface area contributed by atoms with Crippen molar-refractivity contribution in [2.75, 3.05) is 19.8 Å². The van der Waals surface area contributed by atoms with Crippen molar-refractivity contribution in [3.63, 3.8) is 0 Å². The minimum atomic E-state index is -1.79. The first-order valence-electron chi connectivity index (χ1n) is 38.1. The highest BCUT2D eigenvalue weighted by atomic mass is 16.7. The normalized spacial score (nSPS) is 23.1. The number of unbranched alkanes of at least 4 members (excludes halogenated alkanes) is 49. The lowest BCUT2D eigenvalue weighted by Gasteiger charge is -2.46. The summed E-state index contributed by atoms with van der Waals surface area (Å²) in [4.78, 5) is 13.3. The lowest BCUT2D eigenvalue weighted by molar-refractivity contribution is -0.359. The van der Waals surface area contributed by atoms with E-state index in [4.69, 9.17) is 18.9 Å². The third kappa shape index (κ3) is 44.0. The molecule has 0 bridgehead atoms. The van der Waals surface area contributed by atoms with E-state index in [1.807, 2.05) is 6.08 Å². The van der Waals surface area contributed by atoms with Gasteiger partial charge in [-0.25, -0.2) is 0 Å². The second-order valence-electron chi connectivity index (χ2n) is 27.1. The molecule has 0 spiro atoms. The molecule has 14 heteroatoms. The van der Waals surface area contributed by atoms with Crippen molar-refractivity contribution < 1.29 is 64.6 Å². The predicted octanol–water partition coefficient (Wildman–Crippen LogP) is 16.3. The molecule has 0 aromatic carbocycles. The van der Waals surface area contributed by atoms with Gasteiger partial charge in [-0.2, -0.15) is 0 Å². The number of nitrogens with one attached hydrogen (secondary N) is 1. The Hall–Kier alpha value is -1.53. The summed E-state index contributed by atoms with van der Waals surface area (Å²) in [6.07, 6.45) is 59.8. The van der Waals surface area contributed by atoms with Crippen LogP contribution in [-0.2, 0) is 23.7 Å². The van der Waals surface area contributed by atoms with Crippen LogP contribution in [0.3, 0.4) is 0 Å². The Kier molecular flexibility index (Phi) is 56.5. The number of allylic oxidation sites excluding steroid dienone is 3. The number of hydrogen-bond acceptors (Lipinski definition) is 13. The van der Waals surface area contributed by atoms with Gasteiger partial charge < -0.3 is 65.1 Å². The number of amides is 1. The molecular formula is C75H143NO13. The first-order chi connectivity index (χ1) is 43.6. The summed E-state index contributed by atoms with van der Waals surface area (Å²) in [5, 5.41) is 87.5. The van der Waals surface area contributed by atoms with Gasteiger partial charge in [0.25, 0.3) is 0 Å². The Morgan fingerprint density at radius 1 is 0.393 bits per heavy atom. The quantitative estimate of drug-likeness (QED) is 0.0204. The molecule has 0 aromatic rings. The molecule has 2 aliphatic heterocycles. The molecule has 2 rings (SSSR count). The van der Waals surface area contributed by atoms with E-state index in [9.17, 15) is 45.6 Å². The van der Waals surface area contributed by atoms with E-state index in [0.29, 0.717) is 12.8 Å². The summed E-state index contributed by atoms with van der Waals surface area (Å²) >= 11 is 0. The van der Waals surface area contributed by atoms with Crippen LogP contribution >= 0.6 is 0 Å². The maximum Gasteiger partial charge on any atom is 0.220 e. The Bertz CT molecular complexity index is 1590. The summed E-state index contributed by atoms with van der Waals surface area (Å²) < 4.78 is 22.9. The summed E-state index contributed by atoms with van der Waals surface area (Å²) in [6.45, 7) is 2.84. The van der Waals surface area contributed by atoms with Gasteiger partial charge in [0.15, 0.2) is 12.6 Å². The number of hydrogen-bond donors (Lipinski definition) is 9. The molecule has 2 saturated heterocycles. The molecule has 2 fully saturated rings. The molecule has 9 N–H and O–H groups in total. The SMILES string of the molecule is CCCCCCCCCCCCCCCCC/C=C/CC/C=C/C(O)C(COC1OC(CO)C(OC2OC(CO)C(O)C(O)C2O)C(O)C1O)NC(=O)CCCCCCCCCCCCCCCCCCCCCCCCCCCCCCCCCCCC. The van der Waals surface area contributed by atoms with E-state index < -0.39 is 86.8 Å². The number of ether oxygens (including phenoxy) is 4. The predicted molar refractivity (Wildman–Crippen MR) is 365 cm³/mol. The molecule has 0 aliphatic carbocycles. The number of rotatable bonds is 64. The standard InChI is InChI=1S/C75H143NO13/c1-3-5-7-9-11-13-15-17-19-21-23-25-26-27-28-29-30-31-32-33-34-35-36-37-39-41-43-45-47-49-51-53-55-57-59-67(80)76-63(64(79)58-56-54-52-50-48-46-44-42-40-38-24-22-20-18-16-14-12-10-8-6-4-2)62-86-74-72(85)70(83)73(66(61-78)88-74)89-75-71(84)69(82)68(81)65(60-77)87-75/h48,50,56,58,63-66,68-75,77-79,81-85H,3-47,49,51-55,57,59-62H2,1-2H3,(H,76,80)/b50-48+,58-56+. The highest BCUT2D eigenvalue weighted by molar-refractivity contribution is 5.76. The second kappa shape index (κ2) is 60.2. The van der Waals surface area contributed by atoms with Crippen molar-refractivity contribution in [3.8, 4) is 0 Å². The zero-order valence-corrected chi connectivity index (χ0v) is 57.5. The fourth-order valence-electron chi connectivity index (χ4n) is 12.8. The summed E-state index contributed by atoms with van der Waals surface area (Å²) in [5.74, 6) is -0.241. The van der Waals surface area contributed by atoms with Crippen molar-refractivity contribution >= 4 is 5.91 Å². The van der Waals surface area contributed by atoms with Gasteiger partial charge >= 0.3 is 0 Å². The molecule has 1 amide bonds. The van der Waals surface area contributed by atoms with Gasteiger partial charge in [-0.05, 0) is 32.1 Å². The molecule has 526 valence electrons. The molecule has 0 radical (unpaired) electrons. The van der Waals surface area contributed by atoms with Crippen LogP contribution in [0.4, 0.5) is 0 Å². The first-order valence-corrected chi connectivity index (χ1v) is 38.1. The molecule has 0 aromatic heterocycles. The Labute approximate surface area is 545 Å². The summed E-state index contributed by atoms with van der Waals surface area (Å²) in [6, 6.07) is -0.930. The van der Waals surface area contributed by atoms with E-state index >= 15 is 0 Å². The highest BCUT2D eigenvalue weighted by Crippen LogP contribution is 2.30. The largest absolute Gasteiger partial charge is 0.394 e. The van der Waals surface area contributed by atoms with Gasteiger partial charge in [-0.1, -0.05) is 340 Å². The van der Waals surface area contributed by atoms with Crippen LogP contribution in [0.25, 0.3) is 0 Å². The van der Waals surface area contributed by atoms with Gasteiger partial charge in [0.05, 0.1) is 32.0 Å².